The van der Waals surface area contributed by atoms with E-state index in [0.717, 1.165) is 5.75 Å². The molecule has 0 amide bonds. The van der Waals surface area contributed by atoms with Gasteiger partial charge >= 0.3 is 17.9 Å². The molecular weight excluding hydrogens is 346 g/mol. The van der Waals surface area contributed by atoms with Crippen LogP contribution in [0, 0.1) is 0 Å². The van der Waals surface area contributed by atoms with E-state index in [4.69, 9.17) is 26.8 Å². The lowest BCUT2D eigenvalue weighted by Gasteiger charge is -2.11. The van der Waals surface area contributed by atoms with Crippen LogP contribution in [0.1, 0.15) is 6.42 Å². The number of carbonyl (C=O) groups is 3. The minimum absolute atomic E-state index is 0.209. The quantitative estimate of drug-likeness (QED) is 0.261. The van der Waals surface area contributed by atoms with Gasteiger partial charge in [0, 0.05) is 11.5 Å². The van der Waals surface area contributed by atoms with Gasteiger partial charge in [-0.15, -0.1) is 0 Å². The predicted molar refractivity (Wildman–Crippen MR) is 92.0 cm³/mol. The number of hydrogen-bond acceptors (Lipinski definition) is 8. The molecule has 0 saturated carbocycles. The van der Waals surface area contributed by atoms with Crippen LogP contribution in [-0.4, -0.2) is 81.9 Å². The Balaban J connectivity index is 0. The van der Waals surface area contributed by atoms with Gasteiger partial charge in [-0.1, -0.05) is 0 Å². The van der Waals surface area contributed by atoms with Crippen LogP contribution >= 0.6 is 23.5 Å². The summed E-state index contributed by atoms with van der Waals surface area (Å²) in [6.45, 7) is 0. The number of likely N-dealkylation sites (N-methyl/N-ethyl adjacent to an activating group) is 1. The second-order valence-electron chi connectivity index (χ2n) is 4.39. The normalized spacial score (nSPS) is 14.1. The van der Waals surface area contributed by atoms with E-state index in [2.05, 4.69) is 5.32 Å². The number of aliphatic carboxylic acids is 3. The molecule has 0 rings (SSSR count). The fraction of sp³-hybridized carbons (Fsp3) is 0.750. The van der Waals surface area contributed by atoms with Crippen LogP contribution in [0.15, 0.2) is 0 Å². The molecule has 23 heavy (non-hydrogen) atoms. The summed E-state index contributed by atoms with van der Waals surface area (Å²) in [5.74, 6) is -1.62. The molecule has 0 aliphatic carbocycles. The average molecular weight is 371 g/mol. The molecule has 0 fully saturated rings. The molecule has 3 atom stereocenters. The maximum Gasteiger partial charge on any atom is 0.321 e. The van der Waals surface area contributed by atoms with Crippen LogP contribution in [0.4, 0.5) is 0 Å². The zero-order valence-corrected chi connectivity index (χ0v) is 14.7. The molecule has 0 aromatic heterocycles. The predicted octanol–water partition coefficient (Wildman–Crippen LogP) is -1.04. The highest BCUT2D eigenvalue weighted by Gasteiger charge is 2.17. The van der Waals surface area contributed by atoms with Crippen molar-refractivity contribution in [3.05, 3.63) is 0 Å². The zero-order valence-electron chi connectivity index (χ0n) is 13.1. The average Bonchev–Trinajstić information content (AvgIpc) is 2.48. The molecular formula is C12H25N3O6S2. The standard InChI is InChI=1S/C7H14N2O4S.C5H11NO2S/c1-9-5(7(12)13)3-14-2-4(8)6(10)11;1-9-3-2-4(6)5(7)8/h4-5,9H,2-3,8H2,1H3,(H,10,11)(H,12,13);4H,2-3,6H2,1H3,(H,7,8). The highest BCUT2D eigenvalue weighted by Crippen LogP contribution is 2.04. The number of rotatable bonds is 11. The molecule has 0 aliphatic heterocycles. The monoisotopic (exact) mass is 371 g/mol. The Labute approximate surface area is 143 Å². The number of carboxylic acid groups (broad SMARTS) is 3. The van der Waals surface area contributed by atoms with Crippen LogP contribution in [0.2, 0.25) is 0 Å². The van der Waals surface area contributed by atoms with Crippen LogP contribution in [0.5, 0.6) is 0 Å². The summed E-state index contributed by atoms with van der Waals surface area (Å²) < 4.78 is 0. The lowest BCUT2D eigenvalue weighted by atomic mass is 10.2. The Morgan fingerprint density at radius 2 is 1.52 bits per heavy atom. The van der Waals surface area contributed by atoms with Gasteiger partial charge in [0.05, 0.1) is 0 Å². The number of thioether (sulfide) groups is 2. The van der Waals surface area contributed by atoms with Gasteiger partial charge in [-0.2, -0.15) is 23.5 Å². The van der Waals surface area contributed by atoms with Crippen LogP contribution in [0.25, 0.3) is 0 Å². The van der Waals surface area contributed by atoms with E-state index in [1.165, 1.54) is 18.8 Å². The Morgan fingerprint density at radius 1 is 1.00 bits per heavy atom. The largest absolute Gasteiger partial charge is 0.480 e. The summed E-state index contributed by atoms with van der Waals surface area (Å²) in [7, 11) is 1.54. The van der Waals surface area contributed by atoms with Gasteiger partial charge in [0.15, 0.2) is 0 Å². The van der Waals surface area contributed by atoms with Gasteiger partial charge in [0.1, 0.15) is 18.1 Å². The van der Waals surface area contributed by atoms with Crippen molar-refractivity contribution in [1.29, 1.82) is 0 Å². The second-order valence-corrected chi connectivity index (χ2v) is 6.45. The van der Waals surface area contributed by atoms with E-state index >= 15 is 0 Å². The lowest BCUT2D eigenvalue weighted by molar-refractivity contribution is -0.139. The van der Waals surface area contributed by atoms with Crippen molar-refractivity contribution in [3.8, 4) is 0 Å². The topological polar surface area (TPSA) is 176 Å². The molecule has 8 N–H and O–H groups in total. The molecule has 0 heterocycles. The highest BCUT2D eigenvalue weighted by atomic mass is 32.2. The number of carboxylic acids is 3. The molecule has 0 aromatic rings. The molecule has 0 bridgehead atoms. The fourth-order valence-electron chi connectivity index (χ4n) is 1.03. The SMILES string of the molecule is CNC(CSCC(N)C(=O)O)C(=O)O.CSCCC(N)C(=O)O. The molecule has 9 nitrogen and oxygen atoms in total. The number of nitrogens with one attached hydrogen (secondary N) is 1. The van der Waals surface area contributed by atoms with Crippen molar-refractivity contribution in [2.24, 2.45) is 11.5 Å². The summed E-state index contributed by atoms with van der Waals surface area (Å²) in [4.78, 5) is 30.9. The first-order valence-electron chi connectivity index (χ1n) is 6.60. The number of nitrogens with two attached hydrogens (primary N) is 2. The van der Waals surface area contributed by atoms with Crippen LogP contribution < -0.4 is 16.8 Å². The summed E-state index contributed by atoms with van der Waals surface area (Å²) >= 11 is 2.81. The molecule has 3 unspecified atom stereocenters. The molecule has 0 radical (unpaired) electrons. The molecule has 11 heteroatoms. The Bertz CT molecular complexity index is 373. The maximum atomic E-state index is 10.5. The Hall–Kier alpha value is -1.01. The molecule has 0 saturated heterocycles. The minimum atomic E-state index is -1.08. The lowest BCUT2D eigenvalue weighted by Crippen LogP contribution is -2.38. The fourth-order valence-corrected chi connectivity index (χ4v) is 2.60. The van der Waals surface area contributed by atoms with Gasteiger partial charge in [-0.05, 0) is 25.5 Å². The van der Waals surface area contributed by atoms with Crippen molar-refractivity contribution in [3.63, 3.8) is 0 Å². The minimum Gasteiger partial charge on any atom is -0.480 e. The van der Waals surface area contributed by atoms with Gasteiger partial charge < -0.3 is 32.1 Å². The van der Waals surface area contributed by atoms with Gasteiger partial charge in [0.2, 0.25) is 0 Å². The van der Waals surface area contributed by atoms with Crippen molar-refractivity contribution in [2.75, 3.05) is 30.6 Å². The van der Waals surface area contributed by atoms with E-state index in [1.807, 2.05) is 6.26 Å². The third-order valence-corrected chi connectivity index (χ3v) is 4.30. The first kappa shape index (κ1) is 24.2. The smallest absolute Gasteiger partial charge is 0.321 e. The van der Waals surface area contributed by atoms with E-state index in [1.54, 1.807) is 11.8 Å². The van der Waals surface area contributed by atoms with Gasteiger partial charge in [0.25, 0.3) is 0 Å². The van der Waals surface area contributed by atoms with Gasteiger partial charge in [-0.25, -0.2) is 0 Å². The summed E-state index contributed by atoms with van der Waals surface area (Å²) in [5.41, 5.74) is 10.4. The van der Waals surface area contributed by atoms with E-state index in [-0.39, 0.29) is 5.75 Å². The molecule has 0 spiro atoms. The summed E-state index contributed by atoms with van der Waals surface area (Å²) in [5, 5.41) is 27.9. The van der Waals surface area contributed by atoms with Crippen LogP contribution in [-0.2, 0) is 14.4 Å². The molecule has 136 valence electrons. The first-order valence-corrected chi connectivity index (χ1v) is 9.15. The van der Waals surface area contributed by atoms with E-state index in [9.17, 15) is 14.4 Å². The molecule has 0 aromatic carbocycles. The third kappa shape index (κ3) is 14.3. The second kappa shape index (κ2) is 14.6. The summed E-state index contributed by atoms with van der Waals surface area (Å²) in [6.07, 6.45) is 2.48. The van der Waals surface area contributed by atoms with E-state index < -0.39 is 36.0 Å². The van der Waals surface area contributed by atoms with Crippen molar-refractivity contribution < 1.29 is 29.7 Å². The van der Waals surface area contributed by atoms with Crippen LogP contribution in [0.3, 0.4) is 0 Å². The van der Waals surface area contributed by atoms with E-state index in [0.29, 0.717) is 12.2 Å². The number of hydrogen-bond donors (Lipinski definition) is 6. The molecule has 0 aliphatic rings. The van der Waals surface area contributed by atoms with Crippen molar-refractivity contribution in [1.82, 2.24) is 5.32 Å². The zero-order chi connectivity index (χ0) is 18.4. The van der Waals surface area contributed by atoms with Crippen molar-refractivity contribution >= 4 is 41.4 Å². The highest BCUT2D eigenvalue weighted by molar-refractivity contribution is 7.99. The Kier molecular flexibility index (Phi) is 15.4. The first-order chi connectivity index (χ1) is 10.7. The van der Waals surface area contributed by atoms with Crippen molar-refractivity contribution in [2.45, 2.75) is 24.5 Å². The Morgan fingerprint density at radius 3 is 1.87 bits per heavy atom. The summed E-state index contributed by atoms with van der Waals surface area (Å²) in [6, 6.07) is -2.29. The van der Waals surface area contributed by atoms with Gasteiger partial charge in [-0.3, -0.25) is 14.4 Å². The maximum absolute atomic E-state index is 10.5. The third-order valence-electron chi connectivity index (χ3n) is 2.50.